The van der Waals surface area contributed by atoms with Crippen molar-refractivity contribution in [3.63, 3.8) is 0 Å². The predicted molar refractivity (Wildman–Crippen MR) is 225 cm³/mol. The summed E-state index contributed by atoms with van der Waals surface area (Å²) in [5.41, 5.74) is 13.3. The second-order valence-electron chi connectivity index (χ2n) is 15.0. The summed E-state index contributed by atoms with van der Waals surface area (Å²) >= 11 is 0. The number of ether oxygens (including phenoxy) is 1. The van der Waals surface area contributed by atoms with Gasteiger partial charge < -0.3 is 4.74 Å². The smallest absolute Gasteiger partial charge is 0.305 e. The summed E-state index contributed by atoms with van der Waals surface area (Å²) in [5, 5.41) is 0. The van der Waals surface area contributed by atoms with E-state index in [0.29, 0.717) is 13.0 Å². The molecule has 50 heavy (non-hydrogen) atoms. The summed E-state index contributed by atoms with van der Waals surface area (Å²) < 4.78 is 5.13. The average Bonchev–Trinajstić information content (AvgIpc) is 3.04. The Morgan fingerprint density at radius 2 is 0.580 bits per heavy atom. The molecule has 0 aliphatic rings. The SMILES string of the molecule is CCC(=O)OCC=C(C)CCC=C(C)CCC=C(C)CCC=C(C)CCC=C(C)CCC=C(C)CCC=C(C)CCC=C(C)CCC=C(C)C. The van der Waals surface area contributed by atoms with Gasteiger partial charge in [-0.1, -0.05) is 106 Å². The van der Waals surface area contributed by atoms with E-state index in [1.165, 1.54) is 82.3 Å². The third kappa shape index (κ3) is 31.1. The number of hydrogen-bond acceptors (Lipinski definition) is 2. The molecule has 2 heteroatoms. The molecule has 0 radical (unpaired) electrons. The predicted octanol–water partition coefficient (Wildman–Crippen LogP) is 15.7. The van der Waals surface area contributed by atoms with Crippen molar-refractivity contribution >= 4 is 5.97 Å². The molecule has 0 saturated carbocycles. The Hall–Kier alpha value is -2.87. The molecule has 0 saturated heterocycles. The molecule has 0 atom stereocenters. The van der Waals surface area contributed by atoms with Gasteiger partial charge in [0.1, 0.15) is 6.61 Å². The van der Waals surface area contributed by atoms with Gasteiger partial charge in [-0.25, -0.2) is 0 Å². The average molecular weight is 687 g/mol. The molecule has 0 spiro atoms. The lowest BCUT2D eigenvalue weighted by Crippen LogP contribution is -2.02. The van der Waals surface area contributed by atoms with E-state index in [9.17, 15) is 4.79 Å². The van der Waals surface area contributed by atoms with Gasteiger partial charge in [-0.3, -0.25) is 4.79 Å². The van der Waals surface area contributed by atoms with Crippen LogP contribution in [0.4, 0.5) is 0 Å². The molecular weight excluding hydrogens is 609 g/mol. The molecule has 0 aliphatic carbocycles. The van der Waals surface area contributed by atoms with Crippen LogP contribution < -0.4 is 0 Å². The fourth-order valence-electron chi connectivity index (χ4n) is 5.61. The van der Waals surface area contributed by atoms with E-state index >= 15 is 0 Å². The standard InChI is InChI=1S/C48H78O2/c1-12-48(49)50-38-37-47(11)36-20-35-46(10)34-19-33-45(9)32-18-31-44(8)30-17-29-43(7)28-16-27-42(6)26-15-25-41(5)24-14-23-40(4)22-13-21-39(2)3/h21,23,25,27,29,31,33,35,37H,12-20,22,24,26,28,30,32,34,36,38H2,1-11H3. The molecule has 0 aromatic rings. The Morgan fingerprint density at radius 1 is 0.360 bits per heavy atom. The van der Waals surface area contributed by atoms with Crippen molar-refractivity contribution in [2.45, 2.75) is 185 Å². The normalized spacial score (nSPS) is 14.4. The largest absolute Gasteiger partial charge is 0.461 e. The van der Waals surface area contributed by atoms with Crippen molar-refractivity contribution in [2.75, 3.05) is 6.61 Å². The van der Waals surface area contributed by atoms with Crippen LogP contribution in [0.1, 0.15) is 185 Å². The molecule has 0 aliphatic heterocycles. The minimum absolute atomic E-state index is 0.136. The van der Waals surface area contributed by atoms with Gasteiger partial charge in [0.15, 0.2) is 0 Å². The minimum Gasteiger partial charge on any atom is -0.461 e. The topological polar surface area (TPSA) is 26.3 Å². The molecule has 0 unspecified atom stereocenters. The molecule has 282 valence electrons. The second-order valence-corrected chi connectivity index (χ2v) is 15.0. The van der Waals surface area contributed by atoms with Crippen LogP contribution in [-0.2, 0) is 9.53 Å². The third-order valence-corrected chi connectivity index (χ3v) is 9.28. The Balaban J connectivity index is 4.23. The summed E-state index contributed by atoms with van der Waals surface area (Å²) in [5.74, 6) is -0.136. The van der Waals surface area contributed by atoms with E-state index in [0.717, 1.165) is 70.6 Å². The summed E-state index contributed by atoms with van der Waals surface area (Å²) in [7, 11) is 0. The maximum Gasteiger partial charge on any atom is 0.305 e. The summed E-state index contributed by atoms with van der Waals surface area (Å²) in [4.78, 5) is 11.2. The van der Waals surface area contributed by atoms with Crippen LogP contribution in [0.3, 0.4) is 0 Å². The van der Waals surface area contributed by atoms with E-state index in [4.69, 9.17) is 4.74 Å². The van der Waals surface area contributed by atoms with Gasteiger partial charge in [0.05, 0.1) is 0 Å². The molecule has 0 aromatic carbocycles. The van der Waals surface area contributed by atoms with Crippen molar-refractivity contribution in [3.8, 4) is 0 Å². The fraction of sp³-hybridized carbons (Fsp3) is 0.604. The maximum absolute atomic E-state index is 11.2. The zero-order valence-corrected chi connectivity index (χ0v) is 34.7. The zero-order chi connectivity index (χ0) is 37.6. The molecule has 0 amide bonds. The van der Waals surface area contributed by atoms with Gasteiger partial charge in [-0.05, 0) is 178 Å². The molecule has 2 nitrogen and oxygen atoms in total. The van der Waals surface area contributed by atoms with Crippen molar-refractivity contribution in [2.24, 2.45) is 0 Å². The van der Waals surface area contributed by atoms with E-state index in [2.05, 4.69) is 118 Å². The van der Waals surface area contributed by atoms with Gasteiger partial charge in [0, 0.05) is 6.42 Å². The summed E-state index contributed by atoms with van der Waals surface area (Å²) in [6, 6.07) is 0. The number of hydrogen-bond donors (Lipinski definition) is 0. The molecule has 0 aromatic heterocycles. The molecule has 0 N–H and O–H groups in total. The molecule has 0 fully saturated rings. The minimum atomic E-state index is -0.136. The van der Waals surface area contributed by atoms with Gasteiger partial charge in [0.2, 0.25) is 0 Å². The number of rotatable bonds is 27. The zero-order valence-electron chi connectivity index (χ0n) is 34.7. The lowest BCUT2D eigenvalue weighted by molar-refractivity contribution is -0.141. The maximum atomic E-state index is 11.2. The lowest BCUT2D eigenvalue weighted by atomic mass is 10.0. The molecular formula is C48H78O2. The Labute approximate surface area is 311 Å². The van der Waals surface area contributed by atoms with Crippen LogP contribution in [0.2, 0.25) is 0 Å². The van der Waals surface area contributed by atoms with E-state index < -0.39 is 0 Å². The third-order valence-electron chi connectivity index (χ3n) is 9.28. The Bertz CT molecular complexity index is 1230. The Morgan fingerprint density at radius 3 is 0.800 bits per heavy atom. The number of esters is 1. The van der Waals surface area contributed by atoms with Gasteiger partial charge >= 0.3 is 5.97 Å². The highest BCUT2D eigenvalue weighted by Gasteiger charge is 1.98. The first kappa shape index (κ1) is 47.1. The van der Waals surface area contributed by atoms with Crippen LogP contribution >= 0.6 is 0 Å². The first-order chi connectivity index (χ1) is 23.8. The van der Waals surface area contributed by atoms with Crippen molar-refractivity contribution in [1.82, 2.24) is 0 Å². The monoisotopic (exact) mass is 687 g/mol. The first-order valence-electron chi connectivity index (χ1n) is 19.9. The molecule has 0 heterocycles. The summed E-state index contributed by atoms with van der Waals surface area (Å²) in [6.07, 6.45) is 40.0. The van der Waals surface area contributed by atoms with Crippen molar-refractivity contribution in [1.29, 1.82) is 0 Å². The number of carbonyl (C=O) groups excluding carboxylic acids is 1. The quantitative estimate of drug-likeness (QED) is 0.0635. The van der Waals surface area contributed by atoms with Crippen LogP contribution in [0, 0.1) is 0 Å². The second kappa shape index (κ2) is 30.9. The van der Waals surface area contributed by atoms with Crippen LogP contribution in [-0.4, -0.2) is 12.6 Å². The number of carbonyl (C=O) groups is 1. The van der Waals surface area contributed by atoms with Crippen LogP contribution in [0.5, 0.6) is 0 Å². The van der Waals surface area contributed by atoms with Crippen LogP contribution in [0.25, 0.3) is 0 Å². The van der Waals surface area contributed by atoms with Gasteiger partial charge in [-0.15, -0.1) is 0 Å². The molecule has 0 bridgehead atoms. The van der Waals surface area contributed by atoms with Crippen molar-refractivity contribution < 1.29 is 9.53 Å². The first-order valence-corrected chi connectivity index (χ1v) is 19.9. The van der Waals surface area contributed by atoms with Gasteiger partial charge in [-0.2, -0.15) is 0 Å². The highest BCUT2D eigenvalue weighted by molar-refractivity contribution is 5.68. The fourth-order valence-corrected chi connectivity index (χ4v) is 5.61. The molecule has 0 rings (SSSR count). The van der Waals surface area contributed by atoms with E-state index in [1.807, 2.05) is 13.0 Å². The van der Waals surface area contributed by atoms with E-state index in [1.54, 1.807) is 0 Å². The van der Waals surface area contributed by atoms with E-state index in [-0.39, 0.29) is 5.97 Å². The highest BCUT2D eigenvalue weighted by atomic mass is 16.5. The highest BCUT2D eigenvalue weighted by Crippen LogP contribution is 2.17. The number of allylic oxidation sites excluding steroid dienone is 17. The lowest BCUT2D eigenvalue weighted by Gasteiger charge is -2.04. The Kier molecular flexibility index (Phi) is 29.1. The van der Waals surface area contributed by atoms with Crippen molar-refractivity contribution in [3.05, 3.63) is 105 Å². The summed E-state index contributed by atoms with van der Waals surface area (Å²) in [6.45, 7) is 24.6. The van der Waals surface area contributed by atoms with Crippen LogP contribution in [0.15, 0.2) is 105 Å². The van der Waals surface area contributed by atoms with Gasteiger partial charge in [0.25, 0.3) is 0 Å².